The Bertz CT molecular complexity index is 544. The highest BCUT2D eigenvalue weighted by Crippen LogP contribution is 2.19. The number of likely N-dealkylation sites (tertiary alicyclic amines) is 1. The van der Waals surface area contributed by atoms with Crippen LogP contribution in [-0.4, -0.2) is 44.5 Å². The molecule has 2 heterocycles. The zero-order valence-corrected chi connectivity index (χ0v) is 12.0. The molecular formula is C11H17ClN4O2S. The van der Waals surface area contributed by atoms with Crippen LogP contribution in [0.15, 0.2) is 17.2 Å². The summed E-state index contributed by atoms with van der Waals surface area (Å²) in [6, 6.07) is 1.31. The van der Waals surface area contributed by atoms with Gasteiger partial charge in [-0.1, -0.05) is 11.6 Å². The van der Waals surface area contributed by atoms with Crippen molar-refractivity contribution < 1.29 is 8.42 Å². The van der Waals surface area contributed by atoms with Crippen molar-refractivity contribution in [1.82, 2.24) is 14.6 Å². The topological polar surface area (TPSA) is 88.3 Å². The molecule has 0 aromatic carbocycles. The minimum Gasteiger partial charge on any atom is -0.382 e. The molecule has 19 heavy (non-hydrogen) atoms. The molecule has 3 N–H and O–H groups in total. The van der Waals surface area contributed by atoms with Gasteiger partial charge in [-0.15, -0.1) is 0 Å². The smallest absolute Gasteiger partial charge is 0.242 e. The second-order valence-corrected chi connectivity index (χ2v) is 6.66. The monoisotopic (exact) mass is 304 g/mol. The molecule has 2 rings (SSSR count). The van der Waals surface area contributed by atoms with E-state index < -0.39 is 10.0 Å². The summed E-state index contributed by atoms with van der Waals surface area (Å²) in [7, 11) is -3.57. The lowest BCUT2D eigenvalue weighted by Crippen LogP contribution is -2.33. The Hall–Kier alpha value is -0.890. The van der Waals surface area contributed by atoms with E-state index in [9.17, 15) is 8.42 Å². The lowest BCUT2D eigenvalue weighted by Gasteiger charge is -2.14. The normalized spacial score (nSPS) is 16.9. The second-order valence-electron chi connectivity index (χ2n) is 4.48. The second kappa shape index (κ2) is 6.04. The van der Waals surface area contributed by atoms with Gasteiger partial charge in [0.15, 0.2) is 0 Å². The molecule has 0 spiro atoms. The molecule has 0 unspecified atom stereocenters. The molecule has 1 aliphatic rings. The Morgan fingerprint density at radius 2 is 2.11 bits per heavy atom. The van der Waals surface area contributed by atoms with Crippen molar-refractivity contribution in [3.63, 3.8) is 0 Å². The van der Waals surface area contributed by atoms with Gasteiger partial charge in [-0.05, 0) is 32.0 Å². The number of anilines is 1. The van der Waals surface area contributed by atoms with Crippen molar-refractivity contribution in [3.8, 4) is 0 Å². The van der Waals surface area contributed by atoms with E-state index in [1.807, 2.05) is 0 Å². The van der Waals surface area contributed by atoms with E-state index in [2.05, 4.69) is 14.6 Å². The number of nitrogen functional groups attached to an aromatic ring is 1. The Balaban J connectivity index is 1.95. The molecule has 0 radical (unpaired) electrons. The molecular weight excluding hydrogens is 288 g/mol. The van der Waals surface area contributed by atoms with E-state index in [-0.39, 0.29) is 15.7 Å². The van der Waals surface area contributed by atoms with Crippen LogP contribution in [0.4, 0.5) is 5.82 Å². The Labute approximate surface area is 118 Å². The van der Waals surface area contributed by atoms with Gasteiger partial charge in [0, 0.05) is 19.3 Å². The number of pyridine rings is 1. The standard InChI is InChI=1S/C11H17ClN4O2S/c12-10-7-9(8-14-11(10)13)19(17,18)15-3-6-16-4-1-2-5-16/h7-8,15H,1-6H2,(H2,13,14). The van der Waals surface area contributed by atoms with Crippen LogP contribution in [0.1, 0.15) is 12.8 Å². The molecule has 1 aromatic rings. The maximum absolute atomic E-state index is 12.0. The Kier molecular flexibility index (Phi) is 4.62. The van der Waals surface area contributed by atoms with Gasteiger partial charge in [-0.25, -0.2) is 18.1 Å². The van der Waals surface area contributed by atoms with Gasteiger partial charge in [0.05, 0.1) is 5.02 Å². The molecule has 1 fully saturated rings. The first kappa shape index (κ1) is 14.5. The van der Waals surface area contributed by atoms with Gasteiger partial charge in [0.25, 0.3) is 0 Å². The van der Waals surface area contributed by atoms with Gasteiger partial charge in [-0.2, -0.15) is 0 Å². The number of aromatic nitrogens is 1. The van der Waals surface area contributed by atoms with Crippen molar-refractivity contribution in [3.05, 3.63) is 17.3 Å². The first-order valence-electron chi connectivity index (χ1n) is 6.12. The Morgan fingerprint density at radius 1 is 1.42 bits per heavy atom. The van der Waals surface area contributed by atoms with Gasteiger partial charge in [-0.3, -0.25) is 0 Å². The molecule has 8 heteroatoms. The van der Waals surface area contributed by atoms with E-state index in [0.29, 0.717) is 6.54 Å². The lowest BCUT2D eigenvalue weighted by atomic mass is 10.4. The third kappa shape index (κ3) is 3.79. The average molecular weight is 305 g/mol. The number of hydrogen-bond acceptors (Lipinski definition) is 5. The summed E-state index contributed by atoms with van der Waals surface area (Å²) in [5.41, 5.74) is 5.45. The number of rotatable bonds is 5. The fourth-order valence-corrected chi connectivity index (χ4v) is 3.23. The minimum absolute atomic E-state index is 0.0353. The molecule has 0 saturated carbocycles. The van der Waals surface area contributed by atoms with E-state index in [0.717, 1.165) is 19.6 Å². The number of nitrogens with zero attached hydrogens (tertiary/aromatic N) is 2. The van der Waals surface area contributed by atoms with Crippen LogP contribution in [0, 0.1) is 0 Å². The van der Waals surface area contributed by atoms with Gasteiger partial charge >= 0.3 is 0 Å². The maximum atomic E-state index is 12.0. The fourth-order valence-electron chi connectivity index (χ4n) is 2.01. The van der Waals surface area contributed by atoms with Crippen LogP contribution in [0.5, 0.6) is 0 Å². The van der Waals surface area contributed by atoms with Gasteiger partial charge in [0.2, 0.25) is 10.0 Å². The molecule has 106 valence electrons. The summed E-state index contributed by atoms with van der Waals surface area (Å²) in [5.74, 6) is 0.123. The summed E-state index contributed by atoms with van der Waals surface area (Å²) >= 11 is 5.77. The summed E-state index contributed by atoms with van der Waals surface area (Å²) in [6.07, 6.45) is 3.58. The van der Waals surface area contributed by atoms with Crippen LogP contribution in [0.25, 0.3) is 0 Å². The van der Waals surface area contributed by atoms with Crippen LogP contribution in [-0.2, 0) is 10.0 Å². The van der Waals surface area contributed by atoms with E-state index in [1.54, 1.807) is 0 Å². The van der Waals surface area contributed by atoms with E-state index >= 15 is 0 Å². The molecule has 0 aliphatic carbocycles. The van der Waals surface area contributed by atoms with E-state index in [4.69, 9.17) is 17.3 Å². The highest BCUT2D eigenvalue weighted by molar-refractivity contribution is 7.89. The largest absolute Gasteiger partial charge is 0.382 e. The first-order chi connectivity index (χ1) is 8.99. The number of nitrogens with one attached hydrogen (secondary N) is 1. The first-order valence-corrected chi connectivity index (χ1v) is 7.98. The fraction of sp³-hybridized carbons (Fsp3) is 0.545. The quantitative estimate of drug-likeness (QED) is 0.835. The van der Waals surface area contributed by atoms with Crippen molar-refractivity contribution in [2.45, 2.75) is 17.7 Å². The summed E-state index contributed by atoms with van der Waals surface area (Å²) in [6.45, 7) is 3.17. The Morgan fingerprint density at radius 3 is 2.74 bits per heavy atom. The average Bonchev–Trinajstić information content (AvgIpc) is 2.85. The zero-order chi connectivity index (χ0) is 13.9. The minimum atomic E-state index is -3.57. The SMILES string of the molecule is Nc1ncc(S(=O)(=O)NCCN2CCCC2)cc1Cl. The molecule has 0 atom stereocenters. The predicted octanol–water partition coefficient (Wildman–Crippen LogP) is 0.691. The number of hydrogen-bond donors (Lipinski definition) is 2. The molecule has 1 aromatic heterocycles. The molecule has 1 saturated heterocycles. The van der Waals surface area contributed by atoms with Crippen LogP contribution >= 0.6 is 11.6 Å². The van der Waals surface area contributed by atoms with Gasteiger partial charge < -0.3 is 10.6 Å². The third-order valence-corrected chi connectivity index (χ3v) is 4.80. The maximum Gasteiger partial charge on any atom is 0.242 e. The lowest BCUT2D eigenvalue weighted by molar-refractivity contribution is 0.344. The number of sulfonamides is 1. The highest BCUT2D eigenvalue weighted by atomic mass is 35.5. The van der Waals surface area contributed by atoms with Gasteiger partial charge in [0.1, 0.15) is 10.7 Å². The zero-order valence-electron chi connectivity index (χ0n) is 10.5. The van der Waals surface area contributed by atoms with Crippen LogP contribution in [0.2, 0.25) is 5.02 Å². The van der Waals surface area contributed by atoms with Crippen LogP contribution < -0.4 is 10.5 Å². The van der Waals surface area contributed by atoms with Crippen molar-refractivity contribution in [1.29, 1.82) is 0 Å². The highest BCUT2D eigenvalue weighted by Gasteiger charge is 2.17. The van der Waals surface area contributed by atoms with Crippen LogP contribution in [0.3, 0.4) is 0 Å². The summed E-state index contributed by atoms with van der Waals surface area (Å²) in [5, 5.41) is 0.141. The van der Waals surface area contributed by atoms with Crippen molar-refractivity contribution in [2.75, 3.05) is 31.9 Å². The summed E-state index contributed by atoms with van der Waals surface area (Å²) < 4.78 is 26.5. The summed E-state index contributed by atoms with van der Waals surface area (Å²) in [4.78, 5) is 6.01. The van der Waals surface area contributed by atoms with E-state index in [1.165, 1.54) is 25.1 Å². The van der Waals surface area contributed by atoms with Crippen molar-refractivity contribution in [2.24, 2.45) is 0 Å². The molecule has 0 amide bonds. The molecule has 1 aliphatic heterocycles. The third-order valence-electron chi connectivity index (χ3n) is 3.07. The van der Waals surface area contributed by atoms with Crippen molar-refractivity contribution >= 4 is 27.4 Å². The molecule has 0 bridgehead atoms. The number of nitrogens with two attached hydrogens (primary N) is 1. The molecule has 6 nitrogen and oxygen atoms in total. The predicted molar refractivity (Wildman–Crippen MR) is 74.5 cm³/mol. The number of halogens is 1.